The molecule has 1 N–H and O–H groups in total. The first-order chi connectivity index (χ1) is 7.90. The average Bonchev–Trinajstić information content (AvgIpc) is 2.95. The third-order valence-electron chi connectivity index (χ3n) is 4.05. The maximum Gasteiger partial charge on any atom is 0.0657 e. The van der Waals surface area contributed by atoms with Crippen LogP contribution in [0.2, 0.25) is 0 Å². The minimum absolute atomic E-state index is 0.689. The van der Waals surface area contributed by atoms with Gasteiger partial charge in [0, 0.05) is 6.54 Å². The fourth-order valence-corrected chi connectivity index (χ4v) is 3.19. The van der Waals surface area contributed by atoms with Gasteiger partial charge in [-0.3, -0.25) is 4.68 Å². The second-order valence-electron chi connectivity index (χ2n) is 5.04. The molecule has 0 amide bonds. The normalized spacial score (nSPS) is 21.3. The number of aryl methyl sites for hydroxylation is 1. The summed E-state index contributed by atoms with van der Waals surface area (Å²) < 4.78 is 2.35. The fraction of sp³-hybridized carbons (Fsp3) is 0.769. The SMILES string of the molecule is CCc1nn(C2CCCC2)c2c1CCNC2. The zero-order valence-corrected chi connectivity index (χ0v) is 10.1. The second-order valence-corrected chi connectivity index (χ2v) is 5.04. The lowest BCUT2D eigenvalue weighted by atomic mass is 10.0. The average molecular weight is 219 g/mol. The molecule has 16 heavy (non-hydrogen) atoms. The largest absolute Gasteiger partial charge is 0.311 e. The van der Waals surface area contributed by atoms with E-state index in [0.717, 1.165) is 19.5 Å². The maximum absolute atomic E-state index is 4.87. The van der Waals surface area contributed by atoms with Crippen molar-refractivity contribution in [3.05, 3.63) is 17.0 Å². The van der Waals surface area contributed by atoms with Gasteiger partial charge < -0.3 is 5.32 Å². The molecule has 1 saturated carbocycles. The summed E-state index contributed by atoms with van der Waals surface area (Å²) in [5.41, 5.74) is 4.38. The molecule has 1 aliphatic heterocycles. The Labute approximate surface area is 97.2 Å². The molecule has 1 aromatic rings. The molecule has 3 nitrogen and oxygen atoms in total. The Hall–Kier alpha value is -0.830. The summed E-state index contributed by atoms with van der Waals surface area (Å²) >= 11 is 0. The molecule has 1 aromatic heterocycles. The molecule has 0 aromatic carbocycles. The van der Waals surface area contributed by atoms with Crippen molar-refractivity contribution in [2.75, 3.05) is 6.54 Å². The van der Waals surface area contributed by atoms with Crippen LogP contribution in [0, 0.1) is 0 Å². The van der Waals surface area contributed by atoms with Crippen molar-refractivity contribution in [3.63, 3.8) is 0 Å². The Morgan fingerprint density at radius 1 is 1.38 bits per heavy atom. The van der Waals surface area contributed by atoms with E-state index in [2.05, 4.69) is 16.9 Å². The predicted molar refractivity (Wildman–Crippen MR) is 64.5 cm³/mol. The zero-order valence-electron chi connectivity index (χ0n) is 10.1. The van der Waals surface area contributed by atoms with Gasteiger partial charge in [0.05, 0.1) is 17.4 Å². The van der Waals surface area contributed by atoms with E-state index in [-0.39, 0.29) is 0 Å². The van der Waals surface area contributed by atoms with E-state index in [0.29, 0.717) is 6.04 Å². The van der Waals surface area contributed by atoms with Crippen molar-refractivity contribution >= 4 is 0 Å². The summed E-state index contributed by atoms with van der Waals surface area (Å²) in [5.74, 6) is 0. The van der Waals surface area contributed by atoms with Crippen molar-refractivity contribution < 1.29 is 0 Å². The minimum atomic E-state index is 0.689. The van der Waals surface area contributed by atoms with E-state index in [4.69, 9.17) is 5.10 Å². The molecule has 0 saturated heterocycles. The molecule has 3 heteroatoms. The summed E-state index contributed by atoms with van der Waals surface area (Å²) in [6.45, 7) is 4.37. The zero-order chi connectivity index (χ0) is 11.0. The van der Waals surface area contributed by atoms with Gasteiger partial charge in [0.15, 0.2) is 0 Å². The second kappa shape index (κ2) is 4.21. The minimum Gasteiger partial charge on any atom is -0.311 e. The Morgan fingerprint density at radius 3 is 2.94 bits per heavy atom. The van der Waals surface area contributed by atoms with Gasteiger partial charge in [-0.15, -0.1) is 0 Å². The standard InChI is InChI=1S/C13H21N3/c1-2-12-11-7-8-14-9-13(11)16(15-12)10-5-3-4-6-10/h10,14H,2-9H2,1H3. The van der Waals surface area contributed by atoms with E-state index < -0.39 is 0 Å². The molecular formula is C13H21N3. The van der Waals surface area contributed by atoms with Crippen LogP contribution in [0.15, 0.2) is 0 Å². The Morgan fingerprint density at radius 2 is 2.19 bits per heavy atom. The number of aromatic nitrogens is 2. The predicted octanol–water partition coefficient (Wildman–Crippen LogP) is 2.21. The number of fused-ring (bicyclic) bond motifs is 1. The summed E-state index contributed by atoms with van der Waals surface area (Å²) in [5, 5.41) is 8.35. The summed E-state index contributed by atoms with van der Waals surface area (Å²) in [7, 11) is 0. The highest BCUT2D eigenvalue weighted by molar-refractivity contribution is 5.29. The van der Waals surface area contributed by atoms with Crippen LogP contribution in [0.5, 0.6) is 0 Å². The van der Waals surface area contributed by atoms with Crippen molar-refractivity contribution in [2.45, 2.75) is 58.0 Å². The smallest absolute Gasteiger partial charge is 0.0657 e. The van der Waals surface area contributed by atoms with Crippen LogP contribution in [0.4, 0.5) is 0 Å². The third-order valence-corrected chi connectivity index (χ3v) is 4.05. The summed E-state index contributed by atoms with van der Waals surface area (Å²) in [6.07, 6.45) is 7.68. The van der Waals surface area contributed by atoms with Gasteiger partial charge in [-0.05, 0) is 37.8 Å². The summed E-state index contributed by atoms with van der Waals surface area (Å²) in [4.78, 5) is 0. The monoisotopic (exact) mass is 219 g/mol. The van der Waals surface area contributed by atoms with Gasteiger partial charge in [0.1, 0.15) is 0 Å². The lowest BCUT2D eigenvalue weighted by Crippen LogP contribution is -2.26. The summed E-state index contributed by atoms with van der Waals surface area (Å²) in [6, 6.07) is 0.689. The number of hydrogen-bond acceptors (Lipinski definition) is 2. The van der Waals surface area contributed by atoms with Gasteiger partial charge >= 0.3 is 0 Å². The molecule has 0 unspecified atom stereocenters. The number of rotatable bonds is 2. The first kappa shape index (κ1) is 10.3. The molecular weight excluding hydrogens is 198 g/mol. The third kappa shape index (κ3) is 1.58. The highest BCUT2D eigenvalue weighted by Gasteiger charge is 2.25. The fourth-order valence-electron chi connectivity index (χ4n) is 3.19. The topological polar surface area (TPSA) is 29.9 Å². The molecule has 0 radical (unpaired) electrons. The molecule has 1 aliphatic carbocycles. The van der Waals surface area contributed by atoms with Crippen molar-refractivity contribution in [1.82, 2.24) is 15.1 Å². The Bertz CT molecular complexity index is 375. The highest BCUT2D eigenvalue weighted by atomic mass is 15.3. The highest BCUT2D eigenvalue weighted by Crippen LogP contribution is 2.32. The van der Waals surface area contributed by atoms with Gasteiger partial charge in [0.25, 0.3) is 0 Å². The van der Waals surface area contributed by atoms with Crippen LogP contribution in [0.1, 0.15) is 55.6 Å². The Balaban J connectivity index is 2.00. The molecule has 0 atom stereocenters. The van der Waals surface area contributed by atoms with E-state index in [9.17, 15) is 0 Å². The van der Waals surface area contributed by atoms with Crippen LogP contribution in [0.3, 0.4) is 0 Å². The molecule has 88 valence electrons. The van der Waals surface area contributed by atoms with Gasteiger partial charge in [-0.25, -0.2) is 0 Å². The maximum atomic E-state index is 4.87. The molecule has 2 aliphatic rings. The first-order valence-electron chi connectivity index (χ1n) is 6.70. The van der Waals surface area contributed by atoms with E-state index in [1.165, 1.54) is 43.5 Å². The van der Waals surface area contributed by atoms with Crippen molar-refractivity contribution in [1.29, 1.82) is 0 Å². The lowest BCUT2D eigenvalue weighted by molar-refractivity contribution is 0.435. The van der Waals surface area contributed by atoms with Crippen LogP contribution >= 0.6 is 0 Å². The number of nitrogens with zero attached hydrogens (tertiary/aromatic N) is 2. The van der Waals surface area contributed by atoms with Crippen LogP contribution in [0.25, 0.3) is 0 Å². The quantitative estimate of drug-likeness (QED) is 0.826. The van der Waals surface area contributed by atoms with Crippen LogP contribution < -0.4 is 5.32 Å². The van der Waals surface area contributed by atoms with Crippen LogP contribution in [-0.4, -0.2) is 16.3 Å². The van der Waals surface area contributed by atoms with E-state index in [1.807, 2.05) is 0 Å². The van der Waals surface area contributed by atoms with E-state index in [1.54, 1.807) is 5.56 Å². The van der Waals surface area contributed by atoms with Crippen LogP contribution in [-0.2, 0) is 19.4 Å². The Kier molecular flexibility index (Phi) is 2.72. The molecule has 0 spiro atoms. The number of nitrogens with one attached hydrogen (secondary N) is 1. The van der Waals surface area contributed by atoms with Gasteiger partial charge in [-0.2, -0.15) is 5.10 Å². The van der Waals surface area contributed by atoms with Crippen molar-refractivity contribution in [2.24, 2.45) is 0 Å². The van der Waals surface area contributed by atoms with Gasteiger partial charge in [0.2, 0.25) is 0 Å². The molecule has 0 bridgehead atoms. The van der Waals surface area contributed by atoms with Crippen molar-refractivity contribution in [3.8, 4) is 0 Å². The lowest BCUT2D eigenvalue weighted by Gasteiger charge is -2.19. The van der Waals surface area contributed by atoms with Gasteiger partial charge in [-0.1, -0.05) is 19.8 Å². The molecule has 1 fully saturated rings. The first-order valence-corrected chi connectivity index (χ1v) is 6.70. The molecule has 3 rings (SSSR count). The van der Waals surface area contributed by atoms with E-state index >= 15 is 0 Å². The number of hydrogen-bond donors (Lipinski definition) is 1. The molecule has 2 heterocycles.